The summed E-state index contributed by atoms with van der Waals surface area (Å²) in [6.07, 6.45) is 2.32. The van der Waals surface area contributed by atoms with E-state index in [0.717, 1.165) is 5.06 Å². The van der Waals surface area contributed by atoms with E-state index in [9.17, 15) is 0 Å². The van der Waals surface area contributed by atoms with Crippen LogP contribution in [-0.2, 0) is 5.54 Å². The molecule has 0 bridgehead atoms. The van der Waals surface area contributed by atoms with Gasteiger partial charge < -0.3 is 4.74 Å². The van der Waals surface area contributed by atoms with E-state index in [1.807, 2.05) is 13.8 Å². The van der Waals surface area contributed by atoms with Crippen molar-refractivity contribution in [3.8, 4) is 5.06 Å². The fourth-order valence-electron chi connectivity index (χ4n) is 0.925. The normalized spacial score (nSPS) is 12.2. The molecule has 0 N–H and O–H groups in total. The highest BCUT2D eigenvalue weighted by Crippen LogP contribution is 2.19. The van der Waals surface area contributed by atoms with Gasteiger partial charge in [-0.2, -0.15) is 4.57 Å². The summed E-state index contributed by atoms with van der Waals surface area (Å²) >= 11 is 1.65. The number of hydrogen-bond donors (Lipinski definition) is 0. The SMILES string of the molecule is CC(C)Oc1c[n+](C(C)(C)C)cs1. The van der Waals surface area contributed by atoms with Crippen molar-refractivity contribution in [3.05, 3.63) is 11.7 Å². The van der Waals surface area contributed by atoms with Gasteiger partial charge in [0.2, 0.25) is 16.8 Å². The van der Waals surface area contributed by atoms with Crippen LogP contribution in [0.3, 0.4) is 0 Å². The molecule has 0 aromatic carbocycles. The fourth-order valence-corrected chi connectivity index (χ4v) is 1.94. The number of nitrogens with zero attached hydrogens (tertiary/aromatic N) is 1. The van der Waals surface area contributed by atoms with Crippen molar-refractivity contribution in [3.63, 3.8) is 0 Å². The van der Waals surface area contributed by atoms with Crippen molar-refractivity contribution in [1.82, 2.24) is 0 Å². The molecule has 3 heteroatoms. The molecule has 74 valence electrons. The van der Waals surface area contributed by atoms with E-state index >= 15 is 0 Å². The zero-order valence-electron chi connectivity index (χ0n) is 9.00. The van der Waals surface area contributed by atoms with Crippen molar-refractivity contribution in [2.45, 2.75) is 46.3 Å². The average Bonchev–Trinajstić information content (AvgIpc) is 2.32. The summed E-state index contributed by atoms with van der Waals surface area (Å²) in [5.74, 6) is 0. The minimum Gasteiger partial charge on any atom is -0.477 e. The lowest BCUT2D eigenvalue weighted by atomic mass is 10.1. The van der Waals surface area contributed by atoms with Crippen molar-refractivity contribution >= 4 is 11.3 Å². The smallest absolute Gasteiger partial charge is 0.245 e. The highest BCUT2D eigenvalue weighted by Gasteiger charge is 2.23. The van der Waals surface area contributed by atoms with Crippen molar-refractivity contribution in [1.29, 1.82) is 0 Å². The van der Waals surface area contributed by atoms with Crippen LogP contribution in [0.4, 0.5) is 0 Å². The van der Waals surface area contributed by atoms with Crippen LogP contribution in [-0.4, -0.2) is 6.10 Å². The Hall–Kier alpha value is -0.570. The molecular formula is C10H18NOS+. The summed E-state index contributed by atoms with van der Waals surface area (Å²) in [6, 6.07) is 0. The molecule has 0 aliphatic carbocycles. The van der Waals surface area contributed by atoms with Crippen molar-refractivity contribution < 1.29 is 9.30 Å². The molecule has 0 unspecified atom stereocenters. The molecule has 0 saturated carbocycles. The molecule has 0 amide bonds. The van der Waals surface area contributed by atoms with E-state index in [2.05, 4.69) is 37.0 Å². The van der Waals surface area contributed by atoms with Gasteiger partial charge in [-0.25, -0.2) is 0 Å². The van der Waals surface area contributed by atoms with E-state index in [1.54, 1.807) is 11.3 Å². The molecule has 2 nitrogen and oxygen atoms in total. The van der Waals surface area contributed by atoms with Gasteiger partial charge in [0, 0.05) is 20.8 Å². The van der Waals surface area contributed by atoms with Crippen LogP contribution < -0.4 is 9.30 Å². The van der Waals surface area contributed by atoms with Crippen LogP contribution >= 0.6 is 11.3 Å². The van der Waals surface area contributed by atoms with Gasteiger partial charge in [0.25, 0.3) is 0 Å². The second-order valence-electron chi connectivity index (χ2n) is 4.42. The van der Waals surface area contributed by atoms with Gasteiger partial charge in [-0.1, -0.05) is 0 Å². The number of aromatic nitrogens is 1. The second kappa shape index (κ2) is 3.66. The maximum atomic E-state index is 5.59. The summed E-state index contributed by atoms with van der Waals surface area (Å²) in [6.45, 7) is 10.6. The topological polar surface area (TPSA) is 13.1 Å². The van der Waals surface area contributed by atoms with Crippen LogP contribution in [0.25, 0.3) is 0 Å². The second-order valence-corrected chi connectivity index (χ2v) is 5.26. The quantitative estimate of drug-likeness (QED) is 0.669. The third-order valence-corrected chi connectivity index (χ3v) is 2.42. The summed E-state index contributed by atoms with van der Waals surface area (Å²) < 4.78 is 7.76. The molecular weight excluding hydrogens is 182 g/mol. The van der Waals surface area contributed by atoms with Crippen LogP contribution in [0.2, 0.25) is 0 Å². The highest BCUT2D eigenvalue weighted by atomic mass is 32.1. The van der Waals surface area contributed by atoms with Gasteiger partial charge in [0.05, 0.1) is 6.10 Å². The third-order valence-electron chi connectivity index (χ3n) is 1.65. The summed E-state index contributed by atoms with van der Waals surface area (Å²) in [4.78, 5) is 0. The summed E-state index contributed by atoms with van der Waals surface area (Å²) in [5.41, 5.74) is 2.24. The van der Waals surface area contributed by atoms with Crippen molar-refractivity contribution in [2.24, 2.45) is 0 Å². The molecule has 1 heterocycles. The van der Waals surface area contributed by atoms with E-state index in [4.69, 9.17) is 4.74 Å². The molecule has 0 aliphatic rings. The Morgan fingerprint density at radius 3 is 2.38 bits per heavy atom. The standard InChI is InChI=1S/C10H18NOS/c1-8(2)12-9-6-11(7-13-9)10(3,4)5/h6-8H,1-5H3/q+1. The van der Waals surface area contributed by atoms with Crippen molar-refractivity contribution in [2.75, 3.05) is 0 Å². The first kappa shape index (κ1) is 10.5. The van der Waals surface area contributed by atoms with Gasteiger partial charge in [0.15, 0.2) is 5.54 Å². The zero-order valence-corrected chi connectivity index (χ0v) is 9.81. The fraction of sp³-hybridized carbons (Fsp3) is 0.700. The lowest BCUT2D eigenvalue weighted by molar-refractivity contribution is -0.750. The number of ether oxygens (including phenoxy) is 1. The van der Waals surface area contributed by atoms with Crippen LogP contribution in [0.5, 0.6) is 5.06 Å². The molecule has 0 atom stereocenters. The monoisotopic (exact) mass is 200 g/mol. The van der Waals surface area contributed by atoms with Gasteiger partial charge in [0.1, 0.15) is 0 Å². The van der Waals surface area contributed by atoms with E-state index in [1.165, 1.54) is 0 Å². The van der Waals surface area contributed by atoms with E-state index < -0.39 is 0 Å². The number of hydrogen-bond acceptors (Lipinski definition) is 2. The molecule has 1 aromatic heterocycles. The molecule has 0 aliphatic heterocycles. The van der Waals surface area contributed by atoms with Gasteiger partial charge in [-0.05, 0) is 25.2 Å². The highest BCUT2D eigenvalue weighted by molar-refractivity contribution is 7.11. The molecule has 1 rings (SSSR count). The van der Waals surface area contributed by atoms with Crippen LogP contribution in [0, 0.1) is 0 Å². The third kappa shape index (κ3) is 2.99. The largest absolute Gasteiger partial charge is 0.477 e. The minimum absolute atomic E-state index is 0.148. The van der Waals surface area contributed by atoms with Gasteiger partial charge in [-0.15, -0.1) is 0 Å². The first-order chi connectivity index (χ1) is 5.89. The minimum atomic E-state index is 0.148. The maximum Gasteiger partial charge on any atom is 0.245 e. The Kier molecular flexibility index (Phi) is 2.96. The van der Waals surface area contributed by atoms with Gasteiger partial charge in [-0.3, -0.25) is 0 Å². The Morgan fingerprint density at radius 2 is 2.00 bits per heavy atom. The van der Waals surface area contributed by atoms with Crippen LogP contribution in [0.15, 0.2) is 11.7 Å². The molecule has 1 aromatic rings. The molecule has 0 radical (unpaired) electrons. The molecule has 0 saturated heterocycles. The zero-order chi connectivity index (χ0) is 10.1. The molecule has 0 spiro atoms. The Labute approximate surface area is 84.2 Å². The predicted octanol–water partition coefficient (Wildman–Crippen LogP) is 2.58. The summed E-state index contributed by atoms with van der Waals surface area (Å²) in [7, 11) is 0. The lowest BCUT2D eigenvalue weighted by Gasteiger charge is -2.09. The average molecular weight is 200 g/mol. The lowest BCUT2D eigenvalue weighted by Crippen LogP contribution is -2.47. The maximum absolute atomic E-state index is 5.59. The summed E-state index contributed by atoms with van der Waals surface area (Å²) in [5, 5.41) is 0.991. The first-order valence-electron chi connectivity index (χ1n) is 4.56. The Morgan fingerprint density at radius 1 is 1.38 bits per heavy atom. The van der Waals surface area contributed by atoms with Gasteiger partial charge >= 0.3 is 0 Å². The number of thiazole rings is 1. The predicted molar refractivity (Wildman–Crippen MR) is 55.3 cm³/mol. The number of rotatable bonds is 2. The van der Waals surface area contributed by atoms with E-state index in [-0.39, 0.29) is 11.6 Å². The Bertz CT molecular complexity index is 273. The molecule has 13 heavy (non-hydrogen) atoms. The van der Waals surface area contributed by atoms with E-state index in [0.29, 0.717) is 0 Å². The molecule has 0 fully saturated rings. The van der Waals surface area contributed by atoms with Crippen LogP contribution in [0.1, 0.15) is 34.6 Å². The first-order valence-corrected chi connectivity index (χ1v) is 5.44. The Balaban J connectivity index is 2.75.